The molecular formula is C5H7N5O10. The molecule has 0 aliphatic heterocycles. The quantitative estimate of drug-likeness (QED) is 0.302. The van der Waals surface area contributed by atoms with E-state index in [9.17, 15) is 50.6 Å². The van der Waals surface area contributed by atoms with Gasteiger partial charge in [0.2, 0.25) is 0 Å². The molecule has 0 aromatic carbocycles. The van der Waals surface area contributed by atoms with E-state index in [1.54, 1.807) is 0 Å². The fraction of sp³-hybridized carbons (Fsp3) is 1.00. The molecule has 0 aromatic rings. The van der Waals surface area contributed by atoms with Crippen LogP contribution < -0.4 is 0 Å². The van der Waals surface area contributed by atoms with Crippen LogP contribution >= 0.6 is 0 Å². The minimum absolute atomic E-state index is 0.810. The highest BCUT2D eigenvalue weighted by molar-refractivity contribution is 4.56. The van der Waals surface area contributed by atoms with E-state index < -0.39 is 55.8 Å². The fourth-order valence-corrected chi connectivity index (χ4v) is 1.28. The van der Waals surface area contributed by atoms with Crippen LogP contribution in [0.2, 0.25) is 0 Å². The molecule has 0 aliphatic carbocycles. The number of nitro groups is 5. The normalized spacial score (nSPS) is 11.1. The van der Waals surface area contributed by atoms with Gasteiger partial charge in [-0.25, -0.2) is 0 Å². The summed E-state index contributed by atoms with van der Waals surface area (Å²) in [4.78, 5) is 44.2. The predicted octanol–water partition coefficient (Wildman–Crippen LogP) is -0.480. The average Bonchev–Trinajstić information content (AvgIpc) is 2.26. The van der Waals surface area contributed by atoms with Crippen LogP contribution in [0.1, 0.15) is 19.3 Å². The Labute approximate surface area is 107 Å². The Bertz CT molecular complexity index is 411. The van der Waals surface area contributed by atoms with E-state index in [4.69, 9.17) is 0 Å². The van der Waals surface area contributed by atoms with Crippen molar-refractivity contribution in [1.82, 2.24) is 0 Å². The predicted molar refractivity (Wildman–Crippen MR) is 55.3 cm³/mol. The van der Waals surface area contributed by atoms with Crippen LogP contribution in [0.4, 0.5) is 0 Å². The van der Waals surface area contributed by atoms with Crippen LogP contribution in [0.5, 0.6) is 0 Å². The summed E-state index contributed by atoms with van der Waals surface area (Å²) in [6.45, 7) is 0. The van der Waals surface area contributed by atoms with Gasteiger partial charge in [-0.3, -0.25) is 50.6 Å². The summed E-state index contributed by atoms with van der Waals surface area (Å²) in [5.41, 5.74) is 0. The Morgan fingerprint density at radius 3 is 1.35 bits per heavy atom. The molecule has 0 aromatic heterocycles. The molecule has 15 nitrogen and oxygen atoms in total. The number of nitrogens with zero attached hydrogens (tertiary/aromatic N) is 5. The van der Waals surface area contributed by atoms with E-state index in [0.717, 1.165) is 0 Å². The molecule has 0 unspecified atom stereocenters. The van der Waals surface area contributed by atoms with Crippen LogP contribution in [-0.2, 0) is 0 Å². The van der Waals surface area contributed by atoms with Gasteiger partial charge in [-0.05, 0) is 6.42 Å². The zero-order valence-electron chi connectivity index (χ0n) is 9.52. The molecule has 0 saturated heterocycles. The van der Waals surface area contributed by atoms with Gasteiger partial charge in [0.15, 0.2) is 21.2 Å². The van der Waals surface area contributed by atoms with Crippen LogP contribution in [-0.4, -0.2) is 36.6 Å². The van der Waals surface area contributed by atoms with Crippen molar-refractivity contribution in [3.8, 4) is 0 Å². The second-order valence-corrected chi connectivity index (χ2v) is 3.49. The second kappa shape index (κ2) is 6.25. The molecule has 20 heavy (non-hydrogen) atoms. The molecule has 0 fully saturated rings. The van der Waals surface area contributed by atoms with Gasteiger partial charge >= 0.3 is 12.0 Å². The van der Waals surface area contributed by atoms with Crippen molar-refractivity contribution in [2.45, 2.75) is 31.2 Å². The van der Waals surface area contributed by atoms with Gasteiger partial charge in [0, 0.05) is 0 Å². The third kappa shape index (κ3) is 3.27. The summed E-state index contributed by atoms with van der Waals surface area (Å²) < 4.78 is 0. The Kier molecular flexibility index (Phi) is 5.31. The zero-order chi connectivity index (χ0) is 16.1. The van der Waals surface area contributed by atoms with E-state index in [0.29, 0.717) is 0 Å². The van der Waals surface area contributed by atoms with E-state index in [2.05, 4.69) is 0 Å². The lowest BCUT2D eigenvalue weighted by molar-refractivity contribution is -0.970. The van der Waals surface area contributed by atoms with Crippen molar-refractivity contribution in [3.05, 3.63) is 50.6 Å². The molecule has 0 amide bonds. The summed E-state index contributed by atoms with van der Waals surface area (Å²) in [7, 11) is 0. The highest BCUT2D eigenvalue weighted by Crippen LogP contribution is 2.21. The van der Waals surface area contributed by atoms with Crippen LogP contribution in [0.15, 0.2) is 0 Å². The molecule has 0 spiro atoms. The maximum atomic E-state index is 10.5. The monoisotopic (exact) mass is 297 g/mol. The lowest BCUT2D eigenvalue weighted by Gasteiger charge is -2.08. The minimum Gasteiger partial charge on any atom is -0.259 e. The number of hydrogen-bond acceptors (Lipinski definition) is 10. The lowest BCUT2D eigenvalue weighted by Crippen LogP contribution is -2.53. The molecule has 0 rings (SSSR count). The Morgan fingerprint density at radius 2 is 1.10 bits per heavy atom. The molecule has 0 radical (unpaired) electrons. The largest absolute Gasteiger partial charge is 0.699 e. The van der Waals surface area contributed by atoms with Crippen molar-refractivity contribution in [2.75, 3.05) is 0 Å². The third-order valence-electron chi connectivity index (χ3n) is 2.34. The third-order valence-corrected chi connectivity index (χ3v) is 2.34. The van der Waals surface area contributed by atoms with Gasteiger partial charge in [0.25, 0.3) is 0 Å². The number of hydrogen-bond donors (Lipinski definition) is 0. The maximum Gasteiger partial charge on any atom is 0.699 e. The first-order chi connectivity index (χ1) is 9.07. The van der Waals surface area contributed by atoms with Gasteiger partial charge < -0.3 is 0 Å². The topological polar surface area (TPSA) is 216 Å². The molecule has 0 N–H and O–H groups in total. The van der Waals surface area contributed by atoms with Gasteiger partial charge in [0.05, 0.1) is 16.3 Å². The van der Waals surface area contributed by atoms with Gasteiger partial charge in [-0.1, -0.05) is 0 Å². The van der Waals surface area contributed by atoms with Crippen LogP contribution in [0.25, 0.3) is 0 Å². The molecule has 0 saturated carbocycles. The van der Waals surface area contributed by atoms with Crippen LogP contribution in [0.3, 0.4) is 0 Å². The number of rotatable bonds is 9. The Hall–Kier alpha value is -3.00. The molecular weight excluding hydrogens is 290 g/mol. The molecule has 15 heteroatoms. The molecule has 0 aliphatic rings. The molecule has 112 valence electrons. The standard InChI is InChI=1S/C5H7N5O10/c11-6(12)4(7(13)14)2-1-3-5(8(15)16,9(17)18)10(19)20/h4H,1-3H2. The van der Waals surface area contributed by atoms with Crippen molar-refractivity contribution >= 4 is 0 Å². The Morgan fingerprint density at radius 1 is 0.750 bits per heavy atom. The van der Waals surface area contributed by atoms with Gasteiger partial charge in [-0.2, -0.15) is 0 Å². The van der Waals surface area contributed by atoms with Gasteiger partial charge in [0.1, 0.15) is 0 Å². The summed E-state index contributed by atoms with van der Waals surface area (Å²) in [5, 5.41) is 52.0. The highest BCUT2D eigenvalue weighted by atomic mass is 16.7. The van der Waals surface area contributed by atoms with E-state index in [1.807, 2.05) is 0 Å². The Balaban J connectivity index is 5.02. The average molecular weight is 297 g/mol. The first-order valence-corrected chi connectivity index (χ1v) is 4.77. The van der Waals surface area contributed by atoms with Crippen molar-refractivity contribution in [3.63, 3.8) is 0 Å². The summed E-state index contributed by atoms with van der Waals surface area (Å²) >= 11 is 0. The lowest BCUT2D eigenvalue weighted by atomic mass is 10.1. The fourth-order valence-electron chi connectivity index (χ4n) is 1.28. The van der Waals surface area contributed by atoms with Crippen molar-refractivity contribution in [1.29, 1.82) is 0 Å². The second-order valence-electron chi connectivity index (χ2n) is 3.49. The van der Waals surface area contributed by atoms with Gasteiger partial charge in [-0.15, -0.1) is 0 Å². The first-order valence-electron chi connectivity index (χ1n) is 4.77. The summed E-state index contributed by atoms with van der Waals surface area (Å²) in [6, 6.07) is 0. The minimum atomic E-state index is -3.77. The van der Waals surface area contributed by atoms with Crippen molar-refractivity contribution in [2.24, 2.45) is 0 Å². The molecule has 0 bridgehead atoms. The smallest absolute Gasteiger partial charge is 0.259 e. The zero-order valence-corrected chi connectivity index (χ0v) is 9.52. The van der Waals surface area contributed by atoms with E-state index in [-0.39, 0.29) is 0 Å². The highest BCUT2D eigenvalue weighted by Gasteiger charge is 2.69. The van der Waals surface area contributed by atoms with E-state index >= 15 is 0 Å². The summed E-state index contributed by atoms with van der Waals surface area (Å²) in [5.74, 6) is -3.77. The molecule has 0 atom stereocenters. The van der Waals surface area contributed by atoms with Crippen LogP contribution in [0, 0.1) is 50.6 Å². The summed E-state index contributed by atoms with van der Waals surface area (Å²) in [6.07, 6.45) is -5.36. The van der Waals surface area contributed by atoms with Crippen molar-refractivity contribution < 1.29 is 24.6 Å². The SMILES string of the molecule is O=[N+]([O-])C(CCCC([N+](=O)[O-])([N+](=O)[O-])[N+](=O)[O-])[N+](=O)[O-]. The van der Waals surface area contributed by atoms with E-state index in [1.165, 1.54) is 0 Å². The first kappa shape index (κ1) is 17.0. The maximum absolute atomic E-state index is 10.5. The molecule has 0 heterocycles.